The average Bonchev–Trinajstić information content (AvgIpc) is 3.48. The monoisotopic (exact) mass is 621 g/mol. The lowest BCUT2D eigenvalue weighted by molar-refractivity contribution is 0.211. The number of pyridine rings is 3. The molecule has 6 aromatic rings. The Labute approximate surface area is 273 Å². The SMILES string of the molecule is CC(C)c1ccc(-c2ccc3nc(-c4cccnc4N)n(-c4ccc(CN5CCC(Nc6ccnc(C#N)n6)CC5)cc4)c3n2)cn1. The summed E-state index contributed by atoms with van der Waals surface area (Å²) in [5, 5.41) is 12.5. The second-order valence-corrected chi connectivity index (χ2v) is 12.1. The summed E-state index contributed by atoms with van der Waals surface area (Å²) in [6.07, 6.45) is 7.17. The number of fused-ring (bicyclic) bond motifs is 1. The first-order valence-corrected chi connectivity index (χ1v) is 15.8. The van der Waals surface area contributed by atoms with Gasteiger partial charge in [0, 0.05) is 61.2 Å². The molecule has 1 aliphatic heterocycles. The number of nitrogens with one attached hydrogen (secondary N) is 1. The number of benzene rings is 1. The van der Waals surface area contributed by atoms with Gasteiger partial charge in [-0.1, -0.05) is 26.0 Å². The Morgan fingerprint density at radius 2 is 1.74 bits per heavy atom. The van der Waals surface area contributed by atoms with Crippen molar-refractivity contribution in [2.75, 3.05) is 24.1 Å². The molecule has 0 radical (unpaired) electrons. The van der Waals surface area contributed by atoms with Crippen LogP contribution < -0.4 is 11.1 Å². The number of piperidine rings is 1. The summed E-state index contributed by atoms with van der Waals surface area (Å²) in [4.78, 5) is 29.7. The summed E-state index contributed by atoms with van der Waals surface area (Å²) in [5.74, 6) is 2.34. The van der Waals surface area contributed by atoms with Crippen molar-refractivity contribution in [3.8, 4) is 34.4 Å². The lowest BCUT2D eigenvalue weighted by Crippen LogP contribution is -2.38. The molecule has 234 valence electrons. The zero-order chi connectivity index (χ0) is 32.3. The molecular weight excluding hydrogens is 586 g/mol. The number of imidazole rings is 1. The van der Waals surface area contributed by atoms with Gasteiger partial charge in [0.15, 0.2) is 11.5 Å². The van der Waals surface area contributed by atoms with E-state index < -0.39 is 0 Å². The van der Waals surface area contributed by atoms with Crippen molar-refractivity contribution in [2.45, 2.75) is 45.2 Å². The first-order valence-electron chi connectivity index (χ1n) is 15.8. The Morgan fingerprint density at radius 3 is 2.47 bits per heavy atom. The molecule has 1 fully saturated rings. The number of nitriles is 1. The van der Waals surface area contributed by atoms with Crippen LogP contribution in [-0.2, 0) is 6.54 Å². The summed E-state index contributed by atoms with van der Waals surface area (Å²) in [7, 11) is 0. The van der Waals surface area contributed by atoms with Crippen molar-refractivity contribution in [1.82, 2.24) is 39.4 Å². The maximum atomic E-state index is 9.09. The minimum Gasteiger partial charge on any atom is -0.383 e. The van der Waals surface area contributed by atoms with Gasteiger partial charge in [-0.15, -0.1) is 0 Å². The van der Waals surface area contributed by atoms with Crippen molar-refractivity contribution in [1.29, 1.82) is 5.26 Å². The van der Waals surface area contributed by atoms with Gasteiger partial charge in [-0.3, -0.25) is 14.5 Å². The summed E-state index contributed by atoms with van der Waals surface area (Å²) >= 11 is 0. The van der Waals surface area contributed by atoms with E-state index in [1.54, 1.807) is 12.4 Å². The second kappa shape index (κ2) is 12.9. The minimum atomic E-state index is 0.181. The third kappa shape index (κ3) is 6.36. The van der Waals surface area contributed by atoms with Gasteiger partial charge in [0.25, 0.3) is 0 Å². The predicted molar refractivity (Wildman–Crippen MR) is 182 cm³/mol. The zero-order valence-corrected chi connectivity index (χ0v) is 26.4. The number of nitrogens with zero attached hydrogens (tertiary/aromatic N) is 9. The molecule has 47 heavy (non-hydrogen) atoms. The lowest BCUT2D eigenvalue weighted by atomic mass is 10.0. The molecule has 5 aromatic heterocycles. The van der Waals surface area contributed by atoms with Gasteiger partial charge in [0.2, 0.25) is 5.82 Å². The van der Waals surface area contributed by atoms with Crippen LogP contribution in [0.1, 0.15) is 49.7 Å². The molecule has 0 amide bonds. The van der Waals surface area contributed by atoms with E-state index in [0.717, 1.165) is 71.8 Å². The van der Waals surface area contributed by atoms with Crippen molar-refractivity contribution in [2.24, 2.45) is 0 Å². The number of rotatable bonds is 8. The molecule has 0 atom stereocenters. The van der Waals surface area contributed by atoms with E-state index in [0.29, 0.717) is 29.4 Å². The Bertz CT molecular complexity index is 2050. The number of likely N-dealkylation sites (tertiary alicyclic amines) is 1. The Balaban J connectivity index is 1.13. The Kier molecular flexibility index (Phi) is 8.25. The number of nitrogens with two attached hydrogens (primary N) is 1. The molecule has 0 aliphatic carbocycles. The predicted octanol–water partition coefficient (Wildman–Crippen LogP) is 5.99. The van der Waals surface area contributed by atoms with Gasteiger partial charge in [-0.2, -0.15) is 5.26 Å². The smallest absolute Gasteiger partial charge is 0.234 e. The van der Waals surface area contributed by atoms with Gasteiger partial charge in [0.1, 0.15) is 23.2 Å². The quantitative estimate of drug-likeness (QED) is 0.208. The van der Waals surface area contributed by atoms with Crippen LogP contribution >= 0.6 is 0 Å². The molecule has 0 unspecified atom stereocenters. The van der Waals surface area contributed by atoms with E-state index in [1.807, 2.05) is 42.6 Å². The molecule has 0 spiro atoms. The maximum Gasteiger partial charge on any atom is 0.234 e. The molecule has 11 nitrogen and oxygen atoms in total. The van der Waals surface area contributed by atoms with E-state index >= 15 is 0 Å². The zero-order valence-electron chi connectivity index (χ0n) is 26.4. The molecule has 6 heterocycles. The van der Waals surface area contributed by atoms with E-state index in [9.17, 15) is 0 Å². The fourth-order valence-electron chi connectivity index (χ4n) is 5.99. The highest BCUT2D eigenvalue weighted by Crippen LogP contribution is 2.32. The first kappa shape index (κ1) is 30.0. The Hall–Kier alpha value is -5.73. The number of hydrogen-bond donors (Lipinski definition) is 2. The summed E-state index contributed by atoms with van der Waals surface area (Å²) in [6, 6.07) is 24.6. The second-order valence-electron chi connectivity index (χ2n) is 12.1. The maximum absolute atomic E-state index is 9.09. The molecule has 1 aliphatic rings. The largest absolute Gasteiger partial charge is 0.383 e. The normalized spacial score (nSPS) is 14.0. The molecule has 0 bridgehead atoms. The van der Waals surface area contributed by atoms with Crippen molar-refractivity contribution in [3.63, 3.8) is 0 Å². The molecular formula is C36H35N11. The molecule has 3 N–H and O–H groups in total. The standard InChI is InChI=1S/C36H35N11/c1-23(2)29-10-7-25(21-41-29)30-11-12-31-36(43-30)47(35(44-31)28-4-3-16-40-34(28)38)27-8-5-24(6-9-27)22-46-18-14-26(15-19-46)42-32-13-17-39-33(20-37)45-32/h3-13,16-17,21,23,26H,14-15,18-19,22H2,1-2H3,(H2,38,40)(H,39,42,45). The average molecular weight is 622 g/mol. The Morgan fingerprint density at radius 1 is 0.915 bits per heavy atom. The van der Waals surface area contributed by atoms with Crippen LogP contribution in [-0.4, -0.2) is 58.5 Å². The van der Waals surface area contributed by atoms with E-state index in [2.05, 4.69) is 85.0 Å². The highest BCUT2D eigenvalue weighted by Gasteiger charge is 2.21. The number of hydrogen-bond acceptors (Lipinski definition) is 10. The van der Waals surface area contributed by atoms with E-state index in [1.165, 1.54) is 5.56 Å². The van der Waals surface area contributed by atoms with Crippen LogP contribution in [0.4, 0.5) is 11.6 Å². The highest BCUT2D eigenvalue weighted by atomic mass is 15.2. The topological polar surface area (TPSA) is 147 Å². The van der Waals surface area contributed by atoms with E-state index in [4.69, 9.17) is 21.0 Å². The van der Waals surface area contributed by atoms with Crippen LogP contribution in [0.5, 0.6) is 0 Å². The van der Waals surface area contributed by atoms with Gasteiger partial charge < -0.3 is 11.1 Å². The third-order valence-corrected chi connectivity index (χ3v) is 8.55. The van der Waals surface area contributed by atoms with Crippen LogP contribution in [0.3, 0.4) is 0 Å². The number of nitrogen functional groups attached to an aromatic ring is 1. The van der Waals surface area contributed by atoms with Gasteiger partial charge in [-0.05, 0) is 78.9 Å². The molecule has 1 aromatic carbocycles. The fraction of sp³-hybridized carbons (Fsp3) is 0.250. The first-order chi connectivity index (χ1) is 22.9. The van der Waals surface area contributed by atoms with Crippen molar-refractivity contribution < 1.29 is 0 Å². The summed E-state index contributed by atoms with van der Waals surface area (Å²) in [5.41, 5.74) is 13.6. The van der Waals surface area contributed by atoms with Gasteiger partial charge in [-0.25, -0.2) is 24.9 Å². The van der Waals surface area contributed by atoms with Crippen LogP contribution in [0, 0.1) is 11.3 Å². The van der Waals surface area contributed by atoms with Crippen molar-refractivity contribution >= 4 is 22.8 Å². The fourth-order valence-corrected chi connectivity index (χ4v) is 5.99. The van der Waals surface area contributed by atoms with Crippen molar-refractivity contribution in [3.05, 3.63) is 102 Å². The number of anilines is 2. The van der Waals surface area contributed by atoms with Gasteiger partial charge in [0.05, 0.1) is 11.3 Å². The lowest BCUT2D eigenvalue weighted by Gasteiger charge is -2.32. The summed E-state index contributed by atoms with van der Waals surface area (Å²) in [6.45, 7) is 7.06. The van der Waals surface area contributed by atoms with Gasteiger partial charge >= 0.3 is 0 Å². The summed E-state index contributed by atoms with van der Waals surface area (Å²) < 4.78 is 2.06. The van der Waals surface area contributed by atoms with Crippen LogP contribution in [0.25, 0.3) is 39.5 Å². The molecule has 7 rings (SSSR count). The minimum absolute atomic E-state index is 0.181. The molecule has 11 heteroatoms. The van der Waals surface area contributed by atoms with Crippen LogP contribution in [0.2, 0.25) is 0 Å². The third-order valence-electron chi connectivity index (χ3n) is 8.55. The van der Waals surface area contributed by atoms with E-state index in [-0.39, 0.29) is 5.82 Å². The highest BCUT2D eigenvalue weighted by molar-refractivity contribution is 5.84. The van der Waals surface area contributed by atoms with Crippen LogP contribution in [0.15, 0.2) is 85.3 Å². The molecule has 0 saturated carbocycles. The molecule has 1 saturated heterocycles. The number of aromatic nitrogens is 7.